The Morgan fingerprint density at radius 3 is 1.84 bits per heavy atom. The third-order valence-corrected chi connectivity index (χ3v) is 4.39. The molecule has 0 saturated heterocycles. The minimum absolute atomic E-state index is 0.0134. The number of hydrogen-bond acceptors (Lipinski definition) is 1. The van der Waals surface area contributed by atoms with Gasteiger partial charge in [-0.15, -0.1) is 0 Å². The van der Waals surface area contributed by atoms with E-state index in [1.807, 2.05) is 35.0 Å². The first-order chi connectivity index (χ1) is 12.3. The van der Waals surface area contributed by atoms with Crippen molar-refractivity contribution in [3.8, 4) is 11.1 Å². The summed E-state index contributed by atoms with van der Waals surface area (Å²) in [5.41, 5.74) is 4.74. The predicted molar refractivity (Wildman–Crippen MR) is 97.4 cm³/mol. The van der Waals surface area contributed by atoms with Gasteiger partial charge in [0.2, 0.25) is 0 Å². The molecule has 1 atom stereocenters. The van der Waals surface area contributed by atoms with Crippen LogP contribution in [0.3, 0.4) is 0 Å². The van der Waals surface area contributed by atoms with E-state index in [0.29, 0.717) is 0 Å². The van der Waals surface area contributed by atoms with E-state index < -0.39 is 0 Å². The summed E-state index contributed by atoms with van der Waals surface area (Å²) in [6.45, 7) is 0. The lowest BCUT2D eigenvalue weighted by Crippen LogP contribution is -2.38. The van der Waals surface area contributed by atoms with Gasteiger partial charge < -0.3 is 5.21 Å². The summed E-state index contributed by atoms with van der Waals surface area (Å²) < 4.78 is 3.08. The maximum Gasteiger partial charge on any atom is 0.284 e. The zero-order valence-electron chi connectivity index (χ0n) is 13.7. The SMILES string of the molecule is On1cc[n+](C(c2ccccc2)c2ccc(-c3ccccc3)cc2)c1. The molecule has 0 amide bonds. The molecule has 0 fully saturated rings. The lowest BCUT2D eigenvalue weighted by atomic mass is 9.96. The van der Waals surface area contributed by atoms with Crippen LogP contribution in [0, 0.1) is 0 Å². The molecule has 3 nitrogen and oxygen atoms in total. The van der Waals surface area contributed by atoms with Crippen LogP contribution in [0.1, 0.15) is 17.2 Å². The molecule has 0 saturated carbocycles. The largest absolute Gasteiger partial charge is 0.350 e. The van der Waals surface area contributed by atoms with Crippen LogP contribution in [0.2, 0.25) is 0 Å². The minimum atomic E-state index is 0.0134. The molecular formula is C22H19N2O+. The van der Waals surface area contributed by atoms with Crippen LogP contribution in [0.25, 0.3) is 11.1 Å². The number of aromatic nitrogens is 2. The van der Waals surface area contributed by atoms with Crippen LogP contribution in [-0.2, 0) is 0 Å². The summed E-state index contributed by atoms with van der Waals surface area (Å²) in [7, 11) is 0. The Bertz CT molecular complexity index is 944. The molecule has 1 heterocycles. The third-order valence-electron chi connectivity index (χ3n) is 4.39. The predicted octanol–water partition coefficient (Wildman–Crippen LogP) is 4.32. The van der Waals surface area contributed by atoms with E-state index in [1.165, 1.54) is 22.3 Å². The molecule has 1 aromatic heterocycles. The molecule has 0 radical (unpaired) electrons. The highest BCUT2D eigenvalue weighted by atomic mass is 16.5. The summed E-state index contributed by atoms with van der Waals surface area (Å²) in [5.74, 6) is 0. The quantitative estimate of drug-likeness (QED) is 0.439. The number of benzene rings is 3. The van der Waals surface area contributed by atoms with Crippen LogP contribution < -0.4 is 4.57 Å². The Labute approximate surface area is 147 Å². The van der Waals surface area contributed by atoms with E-state index in [1.54, 1.807) is 12.5 Å². The van der Waals surface area contributed by atoms with Gasteiger partial charge in [-0.1, -0.05) is 89.7 Å². The number of rotatable bonds is 4. The van der Waals surface area contributed by atoms with Crippen molar-refractivity contribution in [2.24, 2.45) is 0 Å². The van der Waals surface area contributed by atoms with Gasteiger partial charge in [-0.2, -0.15) is 0 Å². The molecule has 3 heteroatoms. The molecule has 0 aliphatic heterocycles. The van der Waals surface area contributed by atoms with E-state index in [2.05, 4.69) is 60.7 Å². The first kappa shape index (κ1) is 15.2. The average Bonchev–Trinajstić information content (AvgIpc) is 3.10. The van der Waals surface area contributed by atoms with Crippen molar-refractivity contribution in [2.45, 2.75) is 6.04 Å². The van der Waals surface area contributed by atoms with E-state index in [0.717, 1.165) is 4.73 Å². The van der Waals surface area contributed by atoms with Gasteiger partial charge in [-0.05, 0) is 11.1 Å². The number of hydrogen-bond donors (Lipinski definition) is 1. The van der Waals surface area contributed by atoms with Crippen molar-refractivity contribution in [2.75, 3.05) is 0 Å². The molecule has 1 unspecified atom stereocenters. The van der Waals surface area contributed by atoms with Crippen LogP contribution in [0.5, 0.6) is 0 Å². The van der Waals surface area contributed by atoms with Gasteiger partial charge in [0.1, 0.15) is 6.20 Å². The summed E-state index contributed by atoms with van der Waals surface area (Å²) in [6, 6.07) is 29.3. The highest BCUT2D eigenvalue weighted by molar-refractivity contribution is 5.63. The fourth-order valence-corrected chi connectivity index (χ4v) is 3.17. The summed E-state index contributed by atoms with van der Waals surface area (Å²) in [4.78, 5) is 0. The summed E-state index contributed by atoms with van der Waals surface area (Å²) in [5, 5.41) is 9.68. The first-order valence-corrected chi connectivity index (χ1v) is 8.29. The third kappa shape index (κ3) is 3.17. The highest BCUT2D eigenvalue weighted by Crippen LogP contribution is 2.25. The smallest absolute Gasteiger partial charge is 0.284 e. The normalized spacial score (nSPS) is 12.0. The molecule has 0 aliphatic rings. The second-order valence-corrected chi connectivity index (χ2v) is 6.04. The Hall–Kier alpha value is -3.33. The van der Waals surface area contributed by atoms with Crippen molar-refractivity contribution in [3.05, 3.63) is 115 Å². The average molecular weight is 327 g/mol. The lowest BCUT2D eigenvalue weighted by molar-refractivity contribution is -0.705. The molecule has 122 valence electrons. The Balaban J connectivity index is 1.75. The Morgan fingerprint density at radius 2 is 1.24 bits per heavy atom. The first-order valence-electron chi connectivity index (χ1n) is 8.29. The Kier molecular flexibility index (Phi) is 4.05. The van der Waals surface area contributed by atoms with E-state index in [4.69, 9.17) is 0 Å². The van der Waals surface area contributed by atoms with Gasteiger partial charge in [-0.25, -0.2) is 4.57 Å². The van der Waals surface area contributed by atoms with Gasteiger partial charge in [0.15, 0.2) is 12.2 Å². The van der Waals surface area contributed by atoms with Crippen LogP contribution >= 0.6 is 0 Å². The number of nitrogens with zero attached hydrogens (tertiary/aromatic N) is 2. The second kappa shape index (κ2) is 6.65. The van der Waals surface area contributed by atoms with Crippen molar-refractivity contribution >= 4 is 0 Å². The van der Waals surface area contributed by atoms with E-state index in [-0.39, 0.29) is 6.04 Å². The minimum Gasteiger partial charge on any atom is -0.350 e. The van der Waals surface area contributed by atoms with Gasteiger partial charge in [0.05, 0.1) is 0 Å². The zero-order chi connectivity index (χ0) is 17.1. The van der Waals surface area contributed by atoms with Crippen LogP contribution in [0.15, 0.2) is 104 Å². The summed E-state index contributed by atoms with van der Waals surface area (Å²) in [6.07, 6.45) is 5.19. The molecule has 1 N–H and O–H groups in total. The topological polar surface area (TPSA) is 29.0 Å². The van der Waals surface area contributed by atoms with Gasteiger partial charge in [0.25, 0.3) is 6.33 Å². The van der Waals surface area contributed by atoms with Gasteiger partial charge in [-0.3, -0.25) is 0 Å². The fraction of sp³-hybridized carbons (Fsp3) is 0.0455. The molecule has 4 rings (SSSR count). The van der Waals surface area contributed by atoms with Crippen LogP contribution in [0.4, 0.5) is 0 Å². The maximum absolute atomic E-state index is 9.68. The standard InChI is InChI=1S/C22H19N2O/c25-24-16-15-23(17-24)22(20-9-5-2-6-10-20)21-13-11-19(12-14-21)18-7-3-1-4-8-18/h1-17,22,25H/q+1. The fourth-order valence-electron chi connectivity index (χ4n) is 3.17. The molecular weight excluding hydrogens is 308 g/mol. The maximum atomic E-state index is 9.68. The molecule has 25 heavy (non-hydrogen) atoms. The van der Waals surface area contributed by atoms with E-state index in [9.17, 15) is 5.21 Å². The zero-order valence-corrected chi connectivity index (χ0v) is 13.7. The molecule has 0 spiro atoms. The second-order valence-electron chi connectivity index (χ2n) is 6.04. The molecule has 3 aromatic carbocycles. The molecule has 0 aliphatic carbocycles. The summed E-state index contributed by atoms with van der Waals surface area (Å²) >= 11 is 0. The highest BCUT2D eigenvalue weighted by Gasteiger charge is 2.21. The Morgan fingerprint density at radius 1 is 0.680 bits per heavy atom. The monoisotopic (exact) mass is 327 g/mol. The van der Waals surface area contributed by atoms with E-state index >= 15 is 0 Å². The van der Waals surface area contributed by atoms with Crippen molar-refractivity contribution in [3.63, 3.8) is 0 Å². The van der Waals surface area contributed by atoms with Gasteiger partial charge in [0, 0.05) is 11.1 Å². The van der Waals surface area contributed by atoms with Crippen molar-refractivity contribution in [1.29, 1.82) is 0 Å². The van der Waals surface area contributed by atoms with Crippen molar-refractivity contribution in [1.82, 2.24) is 4.73 Å². The molecule has 4 aromatic rings. The molecule has 0 bridgehead atoms. The van der Waals surface area contributed by atoms with Gasteiger partial charge >= 0.3 is 0 Å². The number of imidazole rings is 1. The lowest BCUT2D eigenvalue weighted by Gasteiger charge is -2.15. The van der Waals surface area contributed by atoms with Crippen molar-refractivity contribution < 1.29 is 9.77 Å². The van der Waals surface area contributed by atoms with Crippen LogP contribution in [-0.4, -0.2) is 9.94 Å².